The maximum atomic E-state index is 12.5. The maximum Gasteiger partial charge on any atom is 0.345 e. The molecule has 42 heavy (non-hydrogen) atoms. The Morgan fingerprint density at radius 1 is 1.07 bits per heavy atom. The highest BCUT2D eigenvalue weighted by Gasteiger charge is 2.14. The number of hydrogen-bond acceptors (Lipinski definition) is 10. The van der Waals surface area contributed by atoms with E-state index in [1.165, 1.54) is 23.5 Å². The molecule has 13 heteroatoms. The van der Waals surface area contributed by atoms with Crippen molar-refractivity contribution in [2.45, 2.75) is 4.90 Å². The van der Waals surface area contributed by atoms with Crippen molar-refractivity contribution in [2.75, 3.05) is 12.5 Å². The van der Waals surface area contributed by atoms with E-state index in [2.05, 4.69) is 15.5 Å². The van der Waals surface area contributed by atoms with Gasteiger partial charge in [0.2, 0.25) is 15.2 Å². The lowest BCUT2D eigenvalue weighted by molar-refractivity contribution is 0.415. The fourth-order valence-electron chi connectivity index (χ4n) is 4.22. The Bertz CT molecular complexity index is 2100. The van der Waals surface area contributed by atoms with E-state index in [9.17, 15) is 13.2 Å². The summed E-state index contributed by atoms with van der Waals surface area (Å²) in [6, 6.07) is 22.5. The molecule has 0 bridgehead atoms. The Balaban J connectivity index is 1.29. The summed E-state index contributed by atoms with van der Waals surface area (Å²) in [6.45, 7) is 0. The second-order valence-electron chi connectivity index (χ2n) is 9.04. The van der Waals surface area contributed by atoms with Crippen molar-refractivity contribution in [3.63, 3.8) is 0 Å². The SMILES string of the molecule is COc1ccc(-c2nn(-c3ccc(S(N)(=O)=O)cc3)cc2/C=N\Nc2nc(-c3cc4ccccc4oc3=O)cs2)cc1. The summed E-state index contributed by atoms with van der Waals surface area (Å²) < 4.78 is 35.6. The van der Waals surface area contributed by atoms with Gasteiger partial charge in [0.05, 0.1) is 35.2 Å². The lowest BCUT2D eigenvalue weighted by atomic mass is 10.1. The van der Waals surface area contributed by atoms with Gasteiger partial charge in [-0.15, -0.1) is 11.3 Å². The number of rotatable bonds is 8. The van der Waals surface area contributed by atoms with Crippen LogP contribution < -0.4 is 20.9 Å². The molecule has 3 aromatic carbocycles. The topological polar surface area (TPSA) is 155 Å². The smallest absolute Gasteiger partial charge is 0.345 e. The number of nitrogens with two attached hydrogens (primary N) is 1. The lowest BCUT2D eigenvalue weighted by Gasteiger charge is -2.03. The summed E-state index contributed by atoms with van der Waals surface area (Å²) in [5.41, 5.74) is 6.55. The highest BCUT2D eigenvalue weighted by atomic mass is 32.2. The number of nitrogens with zero attached hydrogens (tertiary/aromatic N) is 4. The number of aromatic nitrogens is 3. The first kappa shape index (κ1) is 27.1. The number of thiazole rings is 1. The molecule has 6 rings (SSSR count). The van der Waals surface area contributed by atoms with Crippen LogP contribution in [0, 0.1) is 0 Å². The van der Waals surface area contributed by atoms with Crippen LogP contribution in [0.25, 0.3) is 39.2 Å². The number of fused-ring (bicyclic) bond motifs is 1. The maximum absolute atomic E-state index is 12.5. The second-order valence-corrected chi connectivity index (χ2v) is 11.5. The molecular formula is C29H22N6O5S2. The first-order valence-electron chi connectivity index (χ1n) is 12.4. The van der Waals surface area contributed by atoms with Gasteiger partial charge in [0.25, 0.3) is 0 Å². The van der Waals surface area contributed by atoms with Gasteiger partial charge in [0.1, 0.15) is 17.0 Å². The fraction of sp³-hybridized carbons (Fsp3) is 0.0345. The molecule has 0 aliphatic carbocycles. The van der Waals surface area contributed by atoms with Crippen molar-refractivity contribution in [1.29, 1.82) is 0 Å². The van der Waals surface area contributed by atoms with Crippen molar-refractivity contribution >= 4 is 43.7 Å². The van der Waals surface area contributed by atoms with E-state index in [0.717, 1.165) is 10.9 Å². The van der Waals surface area contributed by atoms with E-state index in [4.69, 9.17) is 19.4 Å². The predicted octanol–water partition coefficient (Wildman–Crippen LogP) is 4.87. The van der Waals surface area contributed by atoms with Gasteiger partial charge in [-0.3, -0.25) is 5.43 Å². The largest absolute Gasteiger partial charge is 0.497 e. The third-order valence-electron chi connectivity index (χ3n) is 6.32. The summed E-state index contributed by atoms with van der Waals surface area (Å²) in [5.74, 6) is 0.702. The van der Waals surface area contributed by atoms with Crippen molar-refractivity contribution in [2.24, 2.45) is 10.2 Å². The fourth-order valence-corrected chi connectivity index (χ4v) is 5.40. The molecule has 0 atom stereocenters. The van der Waals surface area contributed by atoms with Gasteiger partial charge >= 0.3 is 5.63 Å². The molecule has 0 saturated heterocycles. The van der Waals surface area contributed by atoms with Crippen molar-refractivity contribution in [3.8, 4) is 34.0 Å². The van der Waals surface area contributed by atoms with Crippen LogP contribution in [0.3, 0.4) is 0 Å². The zero-order valence-corrected chi connectivity index (χ0v) is 23.6. The first-order chi connectivity index (χ1) is 20.3. The summed E-state index contributed by atoms with van der Waals surface area (Å²) >= 11 is 1.29. The normalized spacial score (nSPS) is 11.8. The summed E-state index contributed by atoms with van der Waals surface area (Å²) in [5, 5.41) is 17.3. The van der Waals surface area contributed by atoms with Crippen LogP contribution in [0.15, 0.2) is 110 Å². The molecule has 0 aliphatic rings. The molecule has 6 aromatic rings. The molecule has 0 unspecified atom stereocenters. The predicted molar refractivity (Wildman–Crippen MR) is 162 cm³/mol. The summed E-state index contributed by atoms with van der Waals surface area (Å²) in [7, 11) is -2.23. The third kappa shape index (κ3) is 5.56. The molecule has 3 aromatic heterocycles. The lowest BCUT2D eigenvalue weighted by Crippen LogP contribution is -2.12. The number of para-hydroxylation sites is 1. The van der Waals surface area contributed by atoms with Crippen LogP contribution in [0.2, 0.25) is 0 Å². The molecule has 0 saturated carbocycles. The second kappa shape index (κ2) is 11.0. The molecule has 210 valence electrons. The highest BCUT2D eigenvalue weighted by molar-refractivity contribution is 7.89. The van der Waals surface area contributed by atoms with E-state index in [1.807, 2.05) is 42.5 Å². The van der Waals surface area contributed by atoms with E-state index in [-0.39, 0.29) is 4.90 Å². The van der Waals surface area contributed by atoms with Crippen molar-refractivity contribution in [3.05, 3.63) is 106 Å². The number of hydrazone groups is 1. The molecule has 3 heterocycles. The minimum absolute atomic E-state index is 0.00375. The van der Waals surface area contributed by atoms with E-state index >= 15 is 0 Å². The molecule has 0 aliphatic heterocycles. The van der Waals surface area contributed by atoms with Crippen LogP contribution in [-0.4, -0.2) is 36.5 Å². The number of hydrogen-bond donors (Lipinski definition) is 2. The summed E-state index contributed by atoms with van der Waals surface area (Å²) in [4.78, 5) is 17.0. The molecule has 0 fully saturated rings. The molecule has 0 radical (unpaired) electrons. The van der Waals surface area contributed by atoms with Gasteiger partial charge in [-0.1, -0.05) is 18.2 Å². The quantitative estimate of drug-likeness (QED) is 0.143. The zero-order chi connectivity index (χ0) is 29.3. The Morgan fingerprint density at radius 2 is 1.83 bits per heavy atom. The van der Waals surface area contributed by atoms with Crippen LogP contribution >= 0.6 is 11.3 Å². The van der Waals surface area contributed by atoms with Gasteiger partial charge in [-0.25, -0.2) is 28.0 Å². The molecule has 11 nitrogen and oxygen atoms in total. The van der Waals surface area contributed by atoms with Crippen molar-refractivity contribution < 1.29 is 17.6 Å². The monoisotopic (exact) mass is 598 g/mol. The first-order valence-corrected chi connectivity index (χ1v) is 14.9. The average molecular weight is 599 g/mol. The van der Waals surface area contributed by atoms with E-state index < -0.39 is 15.6 Å². The molecule has 0 spiro atoms. The standard InChI is InChI=1S/C29H22N6O5S2/c1-39-22-10-6-18(7-11-22)27-20(16-35(34-27)21-8-12-23(13-9-21)42(30,37)38)15-31-33-29-32-25(17-41-29)24-14-19-4-2-3-5-26(19)40-28(24)36/h2-17H,1H3,(H,32,33)(H2,30,37,38)/b31-15-. The summed E-state index contributed by atoms with van der Waals surface area (Å²) in [6.07, 6.45) is 3.37. The number of benzene rings is 3. The number of ether oxygens (including phenoxy) is 1. The Labute approximate surface area is 243 Å². The molecular weight excluding hydrogens is 576 g/mol. The number of methoxy groups -OCH3 is 1. The van der Waals surface area contributed by atoms with Crippen LogP contribution in [0.1, 0.15) is 5.56 Å². The average Bonchev–Trinajstić information content (AvgIpc) is 3.64. The third-order valence-corrected chi connectivity index (χ3v) is 8.00. The van der Waals surface area contributed by atoms with Gasteiger partial charge in [-0.2, -0.15) is 10.2 Å². The van der Waals surface area contributed by atoms with Gasteiger partial charge in [0, 0.05) is 28.1 Å². The Hall–Kier alpha value is -5.11. The minimum Gasteiger partial charge on any atom is -0.497 e. The number of primary sulfonamides is 1. The van der Waals surface area contributed by atoms with E-state index in [1.54, 1.807) is 53.8 Å². The Kier molecular flexibility index (Phi) is 7.12. The highest BCUT2D eigenvalue weighted by Crippen LogP contribution is 2.27. The number of nitrogens with one attached hydrogen (secondary N) is 1. The van der Waals surface area contributed by atoms with Crippen LogP contribution in [-0.2, 0) is 10.0 Å². The van der Waals surface area contributed by atoms with Crippen LogP contribution in [0.4, 0.5) is 5.13 Å². The van der Waals surface area contributed by atoms with Crippen LogP contribution in [0.5, 0.6) is 5.75 Å². The van der Waals surface area contributed by atoms with Crippen molar-refractivity contribution in [1.82, 2.24) is 14.8 Å². The van der Waals surface area contributed by atoms with Gasteiger partial charge in [0.15, 0.2) is 0 Å². The zero-order valence-electron chi connectivity index (χ0n) is 22.0. The number of anilines is 1. The van der Waals surface area contributed by atoms with Gasteiger partial charge in [-0.05, 0) is 60.7 Å². The molecule has 3 N–H and O–H groups in total. The molecule has 0 amide bonds. The Morgan fingerprint density at radius 3 is 2.57 bits per heavy atom. The number of sulfonamides is 1. The van der Waals surface area contributed by atoms with Gasteiger partial charge < -0.3 is 9.15 Å². The minimum atomic E-state index is -3.82. The van der Waals surface area contributed by atoms with E-state index in [0.29, 0.717) is 44.7 Å².